The second kappa shape index (κ2) is 7.43. The first-order valence-electron chi connectivity index (χ1n) is 8.16. The molecule has 0 spiro atoms. The van der Waals surface area contributed by atoms with E-state index in [0.717, 1.165) is 24.8 Å². The van der Waals surface area contributed by atoms with E-state index < -0.39 is 0 Å². The highest BCUT2D eigenvalue weighted by atomic mass is 16.2. The molecule has 1 atom stereocenters. The zero-order valence-corrected chi connectivity index (χ0v) is 13.8. The van der Waals surface area contributed by atoms with Crippen LogP contribution in [0.4, 0.5) is 0 Å². The number of rotatable bonds is 4. The predicted molar refractivity (Wildman–Crippen MR) is 87.4 cm³/mol. The minimum Gasteiger partial charge on any atom is -0.349 e. The summed E-state index contributed by atoms with van der Waals surface area (Å²) in [6.45, 7) is 7.11. The quantitative estimate of drug-likeness (QED) is 0.929. The third-order valence-corrected chi connectivity index (χ3v) is 4.56. The highest BCUT2D eigenvalue weighted by Gasteiger charge is 2.26. The zero-order chi connectivity index (χ0) is 16.1. The Morgan fingerprint density at radius 3 is 2.32 bits per heavy atom. The summed E-state index contributed by atoms with van der Waals surface area (Å²) in [5.74, 6) is 0.228. The minimum atomic E-state index is 0.0178. The van der Waals surface area contributed by atoms with Gasteiger partial charge in [-0.2, -0.15) is 0 Å². The van der Waals surface area contributed by atoms with Crippen LogP contribution < -0.4 is 5.32 Å². The van der Waals surface area contributed by atoms with Crippen molar-refractivity contribution in [3.63, 3.8) is 0 Å². The van der Waals surface area contributed by atoms with Gasteiger partial charge in [0.15, 0.2) is 0 Å². The normalized spacial score (nSPS) is 17.1. The SMILES string of the molecule is CCc1ccc([C@@H](C)NC(=O)C2CCN(C(C)=O)CC2)cc1. The van der Waals surface area contributed by atoms with E-state index in [1.807, 2.05) is 11.8 Å². The van der Waals surface area contributed by atoms with Gasteiger partial charge in [-0.3, -0.25) is 9.59 Å². The molecule has 1 aromatic carbocycles. The van der Waals surface area contributed by atoms with Crippen molar-refractivity contribution in [1.29, 1.82) is 0 Å². The Balaban J connectivity index is 1.87. The number of aryl methyl sites for hydroxylation is 1. The summed E-state index contributed by atoms with van der Waals surface area (Å²) in [5.41, 5.74) is 2.44. The zero-order valence-electron chi connectivity index (χ0n) is 13.8. The lowest BCUT2D eigenvalue weighted by atomic mass is 9.95. The summed E-state index contributed by atoms with van der Waals surface area (Å²) in [7, 11) is 0. The molecule has 0 radical (unpaired) electrons. The number of benzene rings is 1. The Labute approximate surface area is 132 Å². The molecular formula is C18H26N2O2. The molecule has 2 rings (SSSR count). The van der Waals surface area contributed by atoms with E-state index in [1.54, 1.807) is 6.92 Å². The Morgan fingerprint density at radius 2 is 1.82 bits per heavy atom. The van der Waals surface area contributed by atoms with Crippen LogP contribution in [0.25, 0.3) is 0 Å². The van der Waals surface area contributed by atoms with Crippen molar-refractivity contribution in [2.75, 3.05) is 13.1 Å². The van der Waals surface area contributed by atoms with Crippen LogP contribution in [0.5, 0.6) is 0 Å². The van der Waals surface area contributed by atoms with Gasteiger partial charge in [0.2, 0.25) is 11.8 Å². The maximum atomic E-state index is 12.4. The molecule has 0 unspecified atom stereocenters. The summed E-state index contributed by atoms with van der Waals surface area (Å²) < 4.78 is 0. The fraction of sp³-hybridized carbons (Fsp3) is 0.556. The van der Waals surface area contributed by atoms with Crippen LogP contribution in [0.1, 0.15) is 50.8 Å². The first-order chi connectivity index (χ1) is 10.5. The molecule has 0 saturated carbocycles. The number of piperidine rings is 1. The maximum Gasteiger partial charge on any atom is 0.223 e. The Bertz CT molecular complexity index is 516. The molecule has 0 bridgehead atoms. The minimum absolute atomic E-state index is 0.0178. The molecule has 1 saturated heterocycles. The van der Waals surface area contributed by atoms with Gasteiger partial charge in [-0.1, -0.05) is 31.2 Å². The van der Waals surface area contributed by atoms with Crippen LogP contribution in [0.15, 0.2) is 24.3 Å². The topological polar surface area (TPSA) is 49.4 Å². The molecule has 1 aliphatic heterocycles. The number of nitrogens with zero attached hydrogens (tertiary/aromatic N) is 1. The molecule has 120 valence electrons. The number of hydrogen-bond acceptors (Lipinski definition) is 2. The number of hydrogen-bond donors (Lipinski definition) is 1. The van der Waals surface area contributed by atoms with Crippen molar-refractivity contribution < 1.29 is 9.59 Å². The lowest BCUT2D eigenvalue weighted by molar-refractivity contribution is -0.134. The van der Waals surface area contributed by atoms with Crippen molar-refractivity contribution in [1.82, 2.24) is 10.2 Å². The number of carbonyl (C=O) groups is 2. The molecule has 22 heavy (non-hydrogen) atoms. The van der Waals surface area contributed by atoms with Crippen LogP contribution in [0.2, 0.25) is 0 Å². The van der Waals surface area contributed by atoms with E-state index in [1.165, 1.54) is 5.56 Å². The monoisotopic (exact) mass is 302 g/mol. The van der Waals surface area contributed by atoms with Crippen molar-refractivity contribution in [2.45, 2.75) is 46.1 Å². The molecule has 1 heterocycles. The highest BCUT2D eigenvalue weighted by molar-refractivity contribution is 5.80. The first kappa shape index (κ1) is 16.5. The summed E-state index contributed by atoms with van der Waals surface area (Å²) in [6.07, 6.45) is 2.54. The Morgan fingerprint density at radius 1 is 1.23 bits per heavy atom. The van der Waals surface area contributed by atoms with Crippen molar-refractivity contribution in [2.24, 2.45) is 5.92 Å². The van der Waals surface area contributed by atoms with Gasteiger partial charge < -0.3 is 10.2 Å². The molecule has 1 aliphatic rings. The average molecular weight is 302 g/mol. The lowest BCUT2D eigenvalue weighted by Crippen LogP contribution is -2.42. The van der Waals surface area contributed by atoms with E-state index in [4.69, 9.17) is 0 Å². The summed E-state index contributed by atoms with van der Waals surface area (Å²) >= 11 is 0. The molecule has 0 aromatic heterocycles. The van der Waals surface area contributed by atoms with Gasteiger partial charge >= 0.3 is 0 Å². The summed E-state index contributed by atoms with van der Waals surface area (Å²) in [5, 5.41) is 3.11. The average Bonchev–Trinajstić information content (AvgIpc) is 2.54. The van der Waals surface area contributed by atoms with E-state index in [9.17, 15) is 9.59 Å². The predicted octanol–water partition coefficient (Wildman–Crippen LogP) is 2.68. The van der Waals surface area contributed by atoms with E-state index in [2.05, 4.69) is 36.5 Å². The lowest BCUT2D eigenvalue weighted by Gasteiger charge is -2.31. The fourth-order valence-electron chi connectivity index (χ4n) is 2.91. The third kappa shape index (κ3) is 4.09. The summed E-state index contributed by atoms with van der Waals surface area (Å²) in [6, 6.07) is 8.42. The molecule has 4 nitrogen and oxygen atoms in total. The van der Waals surface area contributed by atoms with Crippen LogP contribution in [0.3, 0.4) is 0 Å². The second-order valence-corrected chi connectivity index (χ2v) is 6.11. The van der Waals surface area contributed by atoms with Gasteiger partial charge in [0, 0.05) is 25.9 Å². The number of nitrogens with one attached hydrogen (secondary N) is 1. The van der Waals surface area contributed by atoms with Gasteiger partial charge in [-0.25, -0.2) is 0 Å². The van der Waals surface area contributed by atoms with Crippen LogP contribution >= 0.6 is 0 Å². The van der Waals surface area contributed by atoms with Crippen molar-refractivity contribution in [3.8, 4) is 0 Å². The standard InChI is InChI=1S/C18H26N2O2/c1-4-15-5-7-16(8-6-15)13(2)19-18(22)17-9-11-20(12-10-17)14(3)21/h5-8,13,17H,4,9-12H2,1-3H3,(H,19,22)/t13-/m1/s1. The Kier molecular flexibility index (Phi) is 5.58. The number of amides is 2. The number of likely N-dealkylation sites (tertiary alicyclic amines) is 1. The molecule has 1 N–H and O–H groups in total. The van der Waals surface area contributed by atoms with Crippen molar-refractivity contribution in [3.05, 3.63) is 35.4 Å². The first-order valence-corrected chi connectivity index (χ1v) is 8.16. The smallest absolute Gasteiger partial charge is 0.223 e. The molecule has 0 aliphatic carbocycles. The van der Waals surface area contributed by atoms with E-state index >= 15 is 0 Å². The molecule has 2 amide bonds. The van der Waals surface area contributed by atoms with Crippen LogP contribution in [0, 0.1) is 5.92 Å². The van der Waals surface area contributed by atoms with Crippen LogP contribution in [-0.4, -0.2) is 29.8 Å². The molecule has 1 fully saturated rings. The van der Waals surface area contributed by atoms with Gasteiger partial charge in [-0.15, -0.1) is 0 Å². The van der Waals surface area contributed by atoms with Gasteiger partial charge in [0.25, 0.3) is 0 Å². The Hall–Kier alpha value is -1.84. The third-order valence-electron chi connectivity index (χ3n) is 4.56. The fourth-order valence-corrected chi connectivity index (χ4v) is 2.91. The number of carbonyl (C=O) groups excluding carboxylic acids is 2. The van der Waals surface area contributed by atoms with E-state index in [-0.39, 0.29) is 23.8 Å². The van der Waals surface area contributed by atoms with Crippen LogP contribution in [-0.2, 0) is 16.0 Å². The largest absolute Gasteiger partial charge is 0.349 e. The second-order valence-electron chi connectivity index (χ2n) is 6.11. The molecule has 1 aromatic rings. The summed E-state index contributed by atoms with van der Waals surface area (Å²) in [4.78, 5) is 25.5. The van der Waals surface area contributed by atoms with Crippen molar-refractivity contribution >= 4 is 11.8 Å². The van der Waals surface area contributed by atoms with Gasteiger partial charge in [0.05, 0.1) is 6.04 Å². The molecule has 4 heteroatoms. The maximum absolute atomic E-state index is 12.4. The van der Waals surface area contributed by atoms with Gasteiger partial charge in [-0.05, 0) is 37.3 Å². The van der Waals surface area contributed by atoms with Gasteiger partial charge in [0.1, 0.15) is 0 Å². The van der Waals surface area contributed by atoms with E-state index in [0.29, 0.717) is 13.1 Å². The highest BCUT2D eigenvalue weighted by Crippen LogP contribution is 2.20. The molecular weight excluding hydrogens is 276 g/mol.